The van der Waals surface area contributed by atoms with Crippen molar-refractivity contribution in [2.45, 2.75) is 70.1 Å². The molecule has 0 saturated heterocycles. The highest BCUT2D eigenvalue weighted by Gasteiger charge is 2.31. The minimum atomic E-state index is -1.16. The van der Waals surface area contributed by atoms with E-state index in [-0.39, 0.29) is 24.7 Å². The molecule has 42 heavy (non-hydrogen) atoms. The van der Waals surface area contributed by atoms with Gasteiger partial charge in [0, 0.05) is 30.1 Å². The molecule has 13 nitrogen and oxygen atoms in total. The number of nitrogens with zero attached hydrogens (tertiary/aromatic N) is 1. The van der Waals surface area contributed by atoms with Gasteiger partial charge < -0.3 is 43.2 Å². The van der Waals surface area contributed by atoms with Crippen molar-refractivity contribution in [1.82, 2.24) is 20.9 Å². The van der Waals surface area contributed by atoms with Crippen molar-refractivity contribution in [3.8, 4) is 0 Å². The maximum absolute atomic E-state index is 13.6. The zero-order chi connectivity index (χ0) is 31.2. The number of aromatic nitrogens is 1. The predicted octanol–water partition coefficient (Wildman–Crippen LogP) is 0.430. The van der Waals surface area contributed by atoms with E-state index in [1.54, 1.807) is 6.20 Å². The number of fused-ring (bicyclic) bond motifs is 1. The molecule has 2 rings (SSSR count). The Labute approximate surface area is 250 Å². The molecule has 0 spiro atoms. The number of amides is 3. The molecule has 0 fully saturated rings. The van der Waals surface area contributed by atoms with Crippen LogP contribution in [0.2, 0.25) is 0 Å². The highest BCUT2D eigenvalue weighted by molar-refractivity contribution is 7.98. The Balaban J connectivity index is 2.24. The number of aromatic amines is 1. The monoisotopic (exact) mass is 604 g/mol. The normalized spacial score (nSPS) is 14.0. The van der Waals surface area contributed by atoms with Gasteiger partial charge >= 0.3 is 5.97 Å². The molecule has 11 N–H and O–H groups in total. The maximum atomic E-state index is 13.6. The molecule has 0 aliphatic heterocycles. The molecule has 3 amide bonds. The van der Waals surface area contributed by atoms with Gasteiger partial charge in [0.1, 0.15) is 18.1 Å². The van der Waals surface area contributed by atoms with Crippen LogP contribution >= 0.6 is 11.8 Å². The summed E-state index contributed by atoms with van der Waals surface area (Å²) in [4.78, 5) is 58.7. The van der Waals surface area contributed by atoms with E-state index in [4.69, 9.17) is 17.2 Å². The molecule has 14 heteroatoms. The van der Waals surface area contributed by atoms with Gasteiger partial charge in [-0.2, -0.15) is 11.8 Å². The largest absolute Gasteiger partial charge is 0.480 e. The molecule has 0 aliphatic carbocycles. The number of benzene rings is 1. The number of guanidine groups is 1. The Morgan fingerprint density at radius 1 is 0.976 bits per heavy atom. The summed E-state index contributed by atoms with van der Waals surface area (Å²) in [5.41, 5.74) is 18.3. The molecule has 232 valence electrons. The average Bonchev–Trinajstić information content (AvgIpc) is 3.34. The van der Waals surface area contributed by atoms with Crippen LogP contribution in [0.15, 0.2) is 35.5 Å². The number of para-hydroxylation sites is 1. The molecule has 0 radical (unpaired) electrons. The lowest BCUT2D eigenvalue weighted by Gasteiger charge is -2.26. The second kappa shape index (κ2) is 17.2. The number of carboxylic acids is 1. The first kappa shape index (κ1) is 34.4. The summed E-state index contributed by atoms with van der Waals surface area (Å²) in [6, 6.07) is 3.46. The van der Waals surface area contributed by atoms with E-state index in [0.717, 1.165) is 16.5 Å². The van der Waals surface area contributed by atoms with Crippen LogP contribution in [0.5, 0.6) is 0 Å². The van der Waals surface area contributed by atoms with E-state index in [1.165, 1.54) is 11.8 Å². The van der Waals surface area contributed by atoms with Gasteiger partial charge in [0.15, 0.2) is 5.96 Å². The summed E-state index contributed by atoms with van der Waals surface area (Å²) < 4.78 is 0. The zero-order valence-corrected chi connectivity index (χ0v) is 25.2. The predicted molar refractivity (Wildman–Crippen MR) is 166 cm³/mol. The number of hydrogen-bond donors (Lipinski definition) is 8. The number of nitrogens with two attached hydrogens (primary N) is 3. The lowest BCUT2D eigenvalue weighted by atomic mass is 10.00. The Kier molecular flexibility index (Phi) is 14.1. The smallest absolute Gasteiger partial charge is 0.326 e. The van der Waals surface area contributed by atoms with Crippen molar-refractivity contribution >= 4 is 52.3 Å². The van der Waals surface area contributed by atoms with E-state index in [1.807, 2.05) is 44.4 Å². The van der Waals surface area contributed by atoms with Gasteiger partial charge in [-0.15, -0.1) is 0 Å². The van der Waals surface area contributed by atoms with Crippen LogP contribution in [0.1, 0.15) is 45.1 Å². The van der Waals surface area contributed by atoms with Crippen molar-refractivity contribution in [2.24, 2.45) is 28.1 Å². The molecule has 1 aromatic carbocycles. The molecule has 4 atom stereocenters. The first-order chi connectivity index (χ1) is 19.9. The van der Waals surface area contributed by atoms with Gasteiger partial charge in [0.25, 0.3) is 0 Å². The Bertz CT molecular complexity index is 1230. The van der Waals surface area contributed by atoms with Gasteiger partial charge in [0.05, 0.1) is 6.04 Å². The molecule has 1 aromatic heterocycles. The first-order valence-electron chi connectivity index (χ1n) is 13.9. The molecule has 0 saturated carbocycles. The molecule has 2 aromatic rings. The molecule has 4 unspecified atom stereocenters. The van der Waals surface area contributed by atoms with Gasteiger partial charge in [-0.05, 0) is 55.2 Å². The number of carbonyl (C=O) groups excluding carboxylic acids is 3. The summed E-state index contributed by atoms with van der Waals surface area (Å²) in [6.07, 6.45) is 5.00. The van der Waals surface area contributed by atoms with Crippen molar-refractivity contribution in [3.63, 3.8) is 0 Å². The average molecular weight is 605 g/mol. The van der Waals surface area contributed by atoms with E-state index >= 15 is 0 Å². The number of aliphatic carboxylic acids is 1. The van der Waals surface area contributed by atoms with Gasteiger partial charge in [0.2, 0.25) is 17.7 Å². The van der Waals surface area contributed by atoms with E-state index < -0.39 is 47.9 Å². The Morgan fingerprint density at radius 2 is 1.62 bits per heavy atom. The van der Waals surface area contributed by atoms with Crippen LogP contribution in [0.3, 0.4) is 0 Å². The van der Waals surface area contributed by atoms with Crippen LogP contribution in [0.4, 0.5) is 0 Å². The highest BCUT2D eigenvalue weighted by atomic mass is 32.2. The summed E-state index contributed by atoms with van der Waals surface area (Å²) >= 11 is 1.47. The van der Waals surface area contributed by atoms with Crippen LogP contribution in [-0.4, -0.2) is 82.5 Å². The minimum Gasteiger partial charge on any atom is -0.480 e. The Hall–Kier alpha value is -3.78. The lowest BCUT2D eigenvalue weighted by molar-refractivity contribution is -0.142. The quantitative estimate of drug-likeness (QED) is 0.0669. The fraction of sp³-hybridized carbons (Fsp3) is 0.536. The van der Waals surface area contributed by atoms with Crippen LogP contribution in [0.25, 0.3) is 10.9 Å². The number of carbonyl (C=O) groups is 4. The maximum Gasteiger partial charge on any atom is 0.326 e. The third-order valence-corrected chi connectivity index (χ3v) is 7.25. The number of nitrogens with one attached hydrogen (secondary N) is 4. The number of H-pyrrole nitrogens is 1. The number of thioether (sulfide) groups is 1. The van der Waals surface area contributed by atoms with Crippen molar-refractivity contribution < 1.29 is 24.3 Å². The van der Waals surface area contributed by atoms with Crippen LogP contribution in [0, 0.1) is 5.92 Å². The van der Waals surface area contributed by atoms with Crippen LogP contribution < -0.4 is 33.2 Å². The number of rotatable bonds is 18. The third-order valence-electron chi connectivity index (χ3n) is 6.60. The van der Waals surface area contributed by atoms with Gasteiger partial charge in [-0.25, -0.2) is 4.79 Å². The molecule has 0 bridgehead atoms. The van der Waals surface area contributed by atoms with Crippen LogP contribution in [-0.2, 0) is 25.6 Å². The van der Waals surface area contributed by atoms with E-state index in [9.17, 15) is 24.3 Å². The van der Waals surface area contributed by atoms with Crippen molar-refractivity contribution in [1.29, 1.82) is 0 Å². The summed E-state index contributed by atoms with van der Waals surface area (Å²) in [6.45, 7) is 4.12. The molecule has 0 aliphatic rings. The molecular formula is C28H44N8O5S. The summed E-state index contributed by atoms with van der Waals surface area (Å²) in [7, 11) is 0. The van der Waals surface area contributed by atoms with Crippen molar-refractivity contribution in [3.05, 3.63) is 36.0 Å². The standard InChI is InChI=1S/C28H44N8O5S/c1-16(2)13-22(35-24(37)19(29)8-6-11-32-28(30)31)25(38)36-23(26(39)34-21(27(40)41)10-12-42-3)14-17-15-33-20-9-5-4-7-18(17)20/h4-5,7,9,15-16,19,21-23,33H,6,8,10-14,29H2,1-3H3,(H,34,39)(H,35,37)(H,36,38)(H,40,41)(H4,30,31,32). The molecule has 1 heterocycles. The highest BCUT2D eigenvalue weighted by Crippen LogP contribution is 2.19. The second-order valence-corrected chi connectivity index (χ2v) is 11.5. The van der Waals surface area contributed by atoms with Gasteiger partial charge in [-0.1, -0.05) is 32.0 Å². The van der Waals surface area contributed by atoms with Gasteiger partial charge in [-0.3, -0.25) is 19.4 Å². The summed E-state index contributed by atoms with van der Waals surface area (Å²) in [5.74, 6) is -2.36. The topological polar surface area (TPSA) is 231 Å². The SMILES string of the molecule is CSCCC(NC(=O)C(Cc1c[nH]c2ccccc12)NC(=O)C(CC(C)C)NC(=O)C(N)CCCN=C(N)N)C(=O)O. The number of carboxylic acid groups (broad SMARTS) is 1. The fourth-order valence-corrected chi connectivity index (χ4v) is 4.87. The lowest BCUT2D eigenvalue weighted by Crippen LogP contribution is -2.57. The second-order valence-electron chi connectivity index (χ2n) is 10.6. The van der Waals surface area contributed by atoms with Crippen molar-refractivity contribution in [2.75, 3.05) is 18.6 Å². The van der Waals surface area contributed by atoms with E-state index in [0.29, 0.717) is 31.6 Å². The first-order valence-corrected chi connectivity index (χ1v) is 15.3. The fourth-order valence-electron chi connectivity index (χ4n) is 4.40. The third kappa shape index (κ3) is 11.2. The van der Waals surface area contributed by atoms with E-state index in [2.05, 4.69) is 25.9 Å². The number of aliphatic imine (C=N–C) groups is 1. The summed E-state index contributed by atoms with van der Waals surface area (Å²) in [5, 5.41) is 18.6. The minimum absolute atomic E-state index is 0.0305. The molecular weight excluding hydrogens is 560 g/mol. The Morgan fingerprint density at radius 3 is 2.26 bits per heavy atom. The zero-order valence-electron chi connectivity index (χ0n) is 24.4. The number of hydrogen-bond acceptors (Lipinski definition) is 7.